The summed E-state index contributed by atoms with van der Waals surface area (Å²) in [6.07, 6.45) is 0. The number of nitrogens with one attached hydrogen (secondary N) is 1. The van der Waals surface area contributed by atoms with Gasteiger partial charge in [0, 0.05) is 17.6 Å². The number of rotatable bonds is 8. The summed E-state index contributed by atoms with van der Waals surface area (Å²) in [5, 5.41) is 2.73. The number of nitrogens with zero attached hydrogens (tertiary/aromatic N) is 1. The van der Waals surface area contributed by atoms with Crippen molar-refractivity contribution in [3.8, 4) is 5.75 Å². The van der Waals surface area contributed by atoms with Crippen LogP contribution in [0.3, 0.4) is 0 Å². The highest BCUT2D eigenvalue weighted by Gasteiger charge is 2.26. The first-order valence-corrected chi connectivity index (χ1v) is 10.2. The number of benzene rings is 2. The lowest BCUT2D eigenvalue weighted by Gasteiger charge is -2.28. The Bertz CT molecular complexity index is 848. The number of carbonyl (C=O) groups is 2. The summed E-state index contributed by atoms with van der Waals surface area (Å²) < 4.78 is 19.9. The van der Waals surface area contributed by atoms with E-state index in [9.17, 15) is 14.0 Å². The van der Waals surface area contributed by atoms with E-state index in [0.717, 1.165) is 21.2 Å². The standard InChI is InChI=1S/C22H26BrFN2O3/c1-5-25-22(28)16(4)26(12-17-6-8-18(24)9-7-17)20(27)13-29-19-10-14(2)21(23)15(3)11-19/h6-11,16H,5,12-13H2,1-4H3,(H,25,28)/t16-/m0/s1. The molecule has 0 bridgehead atoms. The molecule has 1 atom stereocenters. The maximum atomic E-state index is 13.2. The maximum Gasteiger partial charge on any atom is 0.261 e. The second-order valence-electron chi connectivity index (χ2n) is 6.88. The lowest BCUT2D eigenvalue weighted by Crippen LogP contribution is -2.49. The minimum Gasteiger partial charge on any atom is -0.484 e. The van der Waals surface area contributed by atoms with Crippen LogP contribution in [0.4, 0.5) is 4.39 Å². The maximum absolute atomic E-state index is 13.2. The van der Waals surface area contributed by atoms with Crippen molar-refractivity contribution in [2.24, 2.45) is 0 Å². The molecular weight excluding hydrogens is 439 g/mol. The molecule has 2 aromatic rings. The first-order valence-electron chi connectivity index (χ1n) is 9.44. The van der Waals surface area contributed by atoms with Gasteiger partial charge in [0.1, 0.15) is 17.6 Å². The summed E-state index contributed by atoms with van der Waals surface area (Å²) in [5.41, 5.74) is 2.74. The Balaban J connectivity index is 2.16. The van der Waals surface area contributed by atoms with Gasteiger partial charge in [-0.15, -0.1) is 0 Å². The highest BCUT2D eigenvalue weighted by molar-refractivity contribution is 9.10. The van der Waals surface area contributed by atoms with Crippen molar-refractivity contribution in [1.82, 2.24) is 10.2 Å². The van der Waals surface area contributed by atoms with Gasteiger partial charge in [0.05, 0.1) is 0 Å². The van der Waals surface area contributed by atoms with E-state index < -0.39 is 6.04 Å². The van der Waals surface area contributed by atoms with Crippen molar-refractivity contribution in [3.63, 3.8) is 0 Å². The monoisotopic (exact) mass is 464 g/mol. The molecule has 0 saturated carbocycles. The number of likely N-dealkylation sites (N-methyl/N-ethyl adjacent to an activating group) is 1. The van der Waals surface area contributed by atoms with E-state index >= 15 is 0 Å². The van der Waals surface area contributed by atoms with Crippen molar-refractivity contribution >= 4 is 27.7 Å². The summed E-state index contributed by atoms with van der Waals surface area (Å²) in [4.78, 5) is 26.7. The van der Waals surface area contributed by atoms with Crippen LogP contribution in [0.25, 0.3) is 0 Å². The van der Waals surface area contributed by atoms with E-state index in [-0.39, 0.29) is 30.8 Å². The largest absolute Gasteiger partial charge is 0.484 e. The van der Waals surface area contributed by atoms with Crippen molar-refractivity contribution in [1.29, 1.82) is 0 Å². The fourth-order valence-electron chi connectivity index (χ4n) is 2.91. The molecule has 2 rings (SSSR count). The van der Waals surface area contributed by atoms with Gasteiger partial charge in [0.2, 0.25) is 5.91 Å². The van der Waals surface area contributed by atoms with E-state index in [2.05, 4.69) is 21.2 Å². The van der Waals surface area contributed by atoms with Crippen LogP contribution >= 0.6 is 15.9 Å². The Morgan fingerprint density at radius 2 is 1.76 bits per heavy atom. The van der Waals surface area contributed by atoms with E-state index in [1.165, 1.54) is 17.0 Å². The number of ether oxygens (including phenoxy) is 1. The Morgan fingerprint density at radius 1 is 1.17 bits per heavy atom. The molecule has 7 heteroatoms. The van der Waals surface area contributed by atoms with E-state index in [4.69, 9.17) is 4.74 Å². The first kappa shape index (κ1) is 22.9. The lowest BCUT2D eigenvalue weighted by atomic mass is 10.1. The molecule has 2 amide bonds. The van der Waals surface area contributed by atoms with Crippen molar-refractivity contribution in [2.45, 2.75) is 40.3 Å². The molecule has 1 N–H and O–H groups in total. The van der Waals surface area contributed by atoms with Crippen molar-refractivity contribution in [2.75, 3.05) is 13.2 Å². The Morgan fingerprint density at radius 3 is 2.31 bits per heavy atom. The molecule has 0 aliphatic rings. The molecular formula is C22H26BrFN2O3. The number of hydrogen-bond acceptors (Lipinski definition) is 3. The van der Waals surface area contributed by atoms with Crippen LogP contribution in [0.15, 0.2) is 40.9 Å². The van der Waals surface area contributed by atoms with Crippen LogP contribution < -0.4 is 10.1 Å². The molecule has 0 saturated heterocycles. The van der Waals surface area contributed by atoms with Gasteiger partial charge < -0.3 is 15.0 Å². The molecule has 0 fully saturated rings. The zero-order valence-electron chi connectivity index (χ0n) is 17.1. The quantitative estimate of drug-likeness (QED) is 0.638. The fraction of sp³-hybridized carbons (Fsp3) is 0.364. The molecule has 0 aliphatic heterocycles. The van der Waals surface area contributed by atoms with Gasteiger partial charge in [-0.25, -0.2) is 4.39 Å². The van der Waals surface area contributed by atoms with Crippen LogP contribution in [0, 0.1) is 19.7 Å². The van der Waals surface area contributed by atoms with Crippen LogP contribution in [0.5, 0.6) is 5.75 Å². The van der Waals surface area contributed by atoms with Gasteiger partial charge in [-0.1, -0.05) is 28.1 Å². The molecule has 29 heavy (non-hydrogen) atoms. The number of aryl methyl sites for hydroxylation is 2. The molecule has 0 spiro atoms. The van der Waals surface area contributed by atoms with Crippen LogP contribution in [0.1, 0.15) is 30.5 Å². The molecule has 0 radical (unpaired) electrons. The lowest BCUT2D eigenvalue weighted by molar-refractivity contribution is -0.142. The van der Waals surface area contributed by atoms with Crippen LogP contribution in [-0.4, -0.2) is 35.9 Å². The summed E-state index contributed by atoms with van der Waals surface area (Å²) in [6.45, 7) is 7.83. The molecule has 0 unspecified atom stereocenters. The summed E-state index contributed by atoms with van der Waals surface area (Å²) in [7, 11) is 0. The van der Waals surface area contributed by atoms with Crippen LogP contribution in [0.2, 0.25) is 0 Å². The Labute approximate surface area is 179 Å². The minimum absolute atomic E-state index is 0.180. The van der Waals surface area contributed by atoms with Crippen molar-refractivity contribution < 1.29 is 18.7 Å². The zero-order valence-corrected chi connectivity index (χ0v) is 18.7. The summed E-state index contributed by atoms with van der Waals surface area (Å²) in [6, 6.07) is 8.87. The minimum atomic E-state index is -0.690. The average molecular weight is 465 g/mol. The van der Waals surface area contributed by atoms with E-state index in [1.54, 1.807) is 19.1 Å². The molecule has 2 aromatic carbocycles. The van der Waals surface area contributed by atoms with Gasteiger partial charge in [-0.05, 0) is 68.7 Å². The molecule has 5 nitrogen and oxygen atoms in total. The van der Waals surface area contributed by atoms with Gasteiger partial charge in [-0.2, -0.15) is 0 Å². The normalized spacial score (nSPS) is 11.7. The Kier molecular flexibility index (Phi) is 8.20. The van der Waals surface area contributed by atoms with Gasteiger partial charge >= 0.3 is 0 Å². The topological polar surface area (TPSA) is 58.6 Å². The molecule has 0 aromatic heterocycles. The second-order valence-corrected chi connectivity index (χ2v) is 7.67. The highest BCUT2D eigenvalue weighted by atomic mass is 79.9. The molecule has 0 aliphatic carbocycles. The average Bonchev–Trinajstić information content (AvgIpc) is 2.69. The zero-order chi connectivity index (χ0) is 21.6. The van der Waals surface area contributed by atoms with Gasteiger partial charge in [-0.3, -0.25) is 9.59 Å². The Hall–Kier alpha value is -2.41. The number of amides is 2. The van der Waals surface area contributed by atoms with Crippen molar-refractivity contribution in [3.05, 3.63) is 63.4 Å². The smallest absolute Gasteiger partial charge is 0.261 e. The fourth-order valence-corrected chi connectivity index (χ4v) is 3.14. The summed E-state index contributed by atoms with van der Waals surface area (Å²) >= 11 is 3.51. The third kappa shape index (κ3) is 6.29. The second kappa shape index (κ2) is 10.4. The van der Waals surface area contributed by atoms with Gasteiger partial charge in [0.15, 0.2) is 6.61 Å². The predicted octanol–water partition coefficient (Wildman–Crippen LogP) is 4.14. The number of carbonyl (C=O) groups excluding carboxylic acids is 2. The SMILES string of the molecule is CCNC(=O)[C@H](C)N(Cc1ccc(F)cc1)C(=O)COc1cc(C)c(Br)c(C)c1. The predicted molar refractivity (Wildman–Crippen MR) is 114 cm³/mol. The number of hydrogen-bond donors (Lipinski definition) is 1. The van der Waals surface area contributed by atoms with E-state index in [1.807, 2.05) is 32.9 Å². The molecule has 156 valence electrons. The first-order chi connectivity index (χ1) is 13.7. The number of halogens is 2. The highest BCUT2D eigenvalue weighted by Crippen LogP contribution is 2.26. The molecule has 0 heterocycles. The third-order valence-corrected chi connectivity index (χ3v) is 5.81. The third-order valence-electron chi connectivity index (χ3n) is 4.56. The van der Waals surface area contributed by atoms with Crippen LogP contribution in [-0.2, 0) is 16.1 Å². The van der Waals surface area contributed by atoms with E-state index in [0.29, 0.717) is 12.3 Å². The summed E-state index contributed by atoms with van der Waals surface area (Å²) in [5.74, 6) is -0.346. The van der Waals surface area contributed by atoms with Gasteiger partial charge in [0.25, 0.3) is 5.91 Å².